The third kappa shape index (κ3) is 3.42. The maximum absolute atomic E-state index is 5.64. The Hall–Kier alpha value is -2.00. The summed E-state index contributed by atoms with van der Waals surface area (Å²) in [5, 5.41) is 0. The molecule has 4 heteroatoms. The molecular formula is C18H19ClN2O. The molecule has 22 heavy (non-hydrogen) atoms. The first-order chi connectivity index (χ1) is 10.8. The smallest absolute Gasteiger partial charge is 0.139 e. The molecule has 0 amide bonds. The van der Waals surface area contributed by atoms with Crippen molar-refractivity contribution in [3.63, 3.8) is 0 Å². The Kier molecular flexibility index (Phi) is 4.64. The zero-order chi connectivity index (χ0) is 15.4. The highest BCUT2D eigenvalue weighted by Crippen LogP contribution is 2.17. The van der Waals surface area contributed by atoms with E-state index in [2.05, 4.69) is 35.7 Å². The van der Waals surface area contributed by atoms with Crippen molar-refractivity contribution >= 4 is 17.2 Å². The highest BCUT2D eigenvalue weighted by atomic mass is 35.5. The summed E-state index contributed by atoms with van der Waals surface area (Å²) in [7, 11) is 0. The van der Waals surface area contributed by atoms with E-state index in [-0.39, 0.29) is 0 Å². The standard InChI is InChI=1S/C18H19ClN2O/c1-14-4-2-10-21-13-16(20-18(14)21)12-15-5-7-17(8-6-15)22-11-3-9-19/h2,4-8,10,13H,3,9,11-12H2,1H3. The van der Waals surface area contributed by atoms with Gasteiger partial charge in [-0.3, -0.25) is 0 Å². The zero-order valence-corrected chi connectivity index (χ0v) is 13.4. The molecule has 0 saturated heterocycles. The van der Waals surface area contributed by atoms with Crippen LogP contribution in [0.1, 0.15) is 23.2 Å². The number of aryl methyl sites for hydroxylation is 1. The molecule has 0 saturated carbocycles. The number of benzene rings is 1. The molecule has 2 aromatic heterocycles. The number of nitrogens with zero attached hydrogens (tertiary/aromatic N) is 2. The Balaban J connectivity index is 1.70. The molecule has 3 rings (SSSR count). The van der Waals surface area contributed by atoms with E-state index < -0.39 is 0 Å². The third-order valence-electron chi connectivity index (χ3n) is 3.58. The van der Waals surface area contributed by atoms with Crippen LogP contribution in [0.15, 0.2) is 48.8 Å². The molecule has 0 spiro atoms. The molecule has 3 nitrogen and oxygen atoms in total. The first-order valence-electron chi connectivity index (χ1n) is 7.47. The fraction of sp³-hybridized carbons (Fsp3) is 0.278. The second kappa shape index (κ2) is 6.84. The van der Waals surface area contributed by atoms with Gasteiger partial charge in [-0.25, -0.2) is 4.98 Å². The van der Waals surface area contributed by atoms with Gasteiger partial charge in [0.1, 0.15) is 11.4 Å². The third-order valence-corrected chi connectivity index (χ3v) is 3.85. The summed E-state index contributed by atoms with van der Waals surface area (Å²) < 4.78 is 7.69. The van der Waals surface area contributed by atoms with Crippen LogP contribution in [0.25, 0.3) is 5.65 Å². The van der Waals surface area contributed by atoms with E-state index in [0.717, 1.165) is 29.9 Å². The summed E-state index contributed by atoms with van der Waals surface area (Å²) in [5.41, 5.74) is 4.52. The second-order valence-electron chi connectivity index (χ2n) is 5.37. The Bertz CT molecular complexity index is 749. The van der Waals surface area contributed by atoms with E-state index in [4.69, 9.17) is 21.3 Å². The van der Waals surface area contributed by atoms with Gasteiger partial charge in [-0.1, -0.05) is 18.2 Å². The van der Waals surface area contributed by atoms with E-state index in [1.165, 1.54) is 11.1 Å². The SMILES string of the molecule is Cc1cccn2cc(Cc3ccc(OCCCCl)cc3)nc12. The van der Waals surface area contributed by atoms with Crippen molar-refractivity contribution in [3.8, 4) is 5.75 Å². The number of hydrogen-bond donors (Lipinski definition) is 0. The summed E-state index contributed by atoms with van der Waals surface area (Å²) in [5.74, 6) is 1.52. The van der Waals surface area contributed by atoms with Crippen LogP contribution in [0, 0.1) is 6.92 Å². The van der Waals surface area contributed by atoms with Gasteiger partial charge in [0.2, 0.25) is 0 Å². The van der Waals surface area contributed by atoms with Crippen LogP contribution in [-0.4, -0.2) is 21.9 Å². The Morgan fingerprint density at radius 2 is 2.00 bits per heavy atom. The van der Waals surface area contributed by atoms with Crippen molar-refractivity contribution in [3.05, 3.63) is 65.6 Å². The fourth-order valence-electron chi connectivity index (χ4n) is 2.45. The summed E-state index contributed by atoms with van der Waals surface area (Å²) >= 11 is 5.64. The van der Waals surface area contributed by atoms with Gasteiger partial charge in [0.25, 0.3) is 0 Å². The Morgan fingerprint density at radius 3 is 2.73 bits per heavy atom. The van der Waals surface area contributed by atoms with Gasteiger partial charge in [0, 0.05) is 24.7 Å². The van der Waals surface area contributed by atoms with Crippen LogP contribution in [0.5, 0.6) is 5.75 Å². The van der Waals surface area contributed by atoms with E-state index in [9.17, 15) is 0 Å². The zero-order valence-electron chi connectivity index (χ0n) is 12.6. The van der Waals surface area contributed by atoms with E-state index in [0.29, 0.717) is 12.5 Å². The normalized spacial score (nSPS) is 11.0. The van der Waals surface area contributed by atoms with Crippen molar-refractivity contribution in [2.24, 2.45) is 0 Å². The van der Waals surface area contributed by atoms with Crippen molar-refractivity contribution in [1.29, 1.82) is 0 Å². The molecule has 0 unspecified atom stereocenters. The highest BCUT2D eigenvalue weighted by Gasteiger charge is 2.05. The van der Waals surface area contributed by atoms with E-state index in [1.54, 1.807) is 0 Å². The van der Waals surface area contributed by atoms with Crippen LogP contribution in [0.4, 0.5) is 0 Å². The molecule has 0 atom stereocenters. The average molecular weight is 315 g/mol. The number of rotatable bonds is 6. The van der Waals surface area contributed by atoms with Gasteiger partial charge in [-0.2, -0.15) is 0 Å². The first-order valence-corrected chi connectivity index (χ1v) is 8.00. The summed E-state index contributed by atoms with van der Waals surface area (Å²) in [6.45, 7) is 2.74. The van der Waals surface area contributed by atoms with Gasteiger partial charge in [-0.05, 0) is 42.7 Å². The Labute approximate surface area is 135 Å². The van der Waals surface area contributed by atoms with Crippen molar-refractivity contribution < 1.29 is 4.74 Å². The average Bonchev–Trinajstić information content (AvgIpc) is 2.93. The maximum Gasteiger partial charge on any atom is 0.139 e. The van der Waals surface area contributed by atoms with Gasteiger partial charge in [0.15, 0.2) is 0 Å². The lowest BCUT2D eigenvalue weighted by molar-refractivity contribution is 0.318. The molecule has 0 aliphatic heterocycles. The van der Waals surface area contributed by atoms with Crippen LogP contribution in [0.2, 0.25) is 0 Å². The number of ether oxygens (including phenoxy) is 1. The monoisotopic (exact) mass is 314 g/mol. The summed E-state index contributed by atoms with van der Waals surface area (Å²) in [6.07, 6.45) is 5.81. The minimum Gasteiger partial charge on any atom is -0.494 e. The molecule has 114 valence electrons. The highest BCUT2D eigenvalue weighted by molar-refractivity contribution is 6.17. The summed E-state index contributed by atoms with van der Waals surface area (Å²) in [6, 6.07) is 12.3. The minimum atomic E-state index is 0.630. The molecule has 0 bridgehead atoms. The predicted molar refractivity (Wildman–Crippen MR) is 90.0 cm³/mol. The molecular weight excluding hydrogens is 296 g/mol. The van der Waals surface area contributed by atoms with Crippen LogP contribution in [0.3, 0.4) is 0 Å². The molecule has 0 fully saturated rings. The molecule has 0 radical (unpaired) electrons. The fourth-order valence-corrected chi connectivity index (χ4v) is 2.56. The van der Waals surface area contributed by atoms with Crippen molar-refractivity contribution in [1.82, 2.24) is 9.38 Å². The van der Waals surface area contributed by atoms with Crippen LogP contribution >= 0.6 is 11.6 Å². The number of fused-ring (bicyclic) bond motifs is 1. The second-order valence-corrected chi connectivity index (χ2v) is 5.74. The summed E-state index contributed by atoms with van der Waals surface area (Å²) in [4.78, 5) is 4.71. The molecule has 3 aromatic rings. The number of alkyl halides is 1. The van der Waals surface area contributed by atoms with E-state index in [1.807, 2.05) is 24.4 Å². The number of halogens is 1. The minimum absolute atomic E-state index is 0.630. The molecule has 0 aliphatic carbocycles. The number of hydrogen-bond acceptors (Lipinski definition) is 2. The largest absolute Gasteiger partial charge is 0.494 e. The van der Waals surface area contributed by atoms with Gasteiger partial charge >= 0.3 is 0 Å². The number of imidazole rings is 1. The maximum atomic E-state index is 5.64. The number of pyridine rings is 1. The molecule has 2 heterocycles. The predicted octanol–water partition coefficient (Wildman–Crippen LogP) is 4.24. The molecule has 0 aliphatic rings. The van der Waals surface area contributed by atoms with Gasteiger partial charge < -0.3 is 9.14 Å². The topological polar surface area (TPSA) is 26.5 Å². The lowest BCUT2D eigenvalue weighted by Crippen LogP contribution is -1.97. The van der Waals surface area contributed by atoms with Gasteiger partial charge in [-0.15, -0.1) is 11.6 Å². The van der Waals surface area contributed by atoms with Gasteiger partial charge in [0.05, 0.1) is 12.3 Å². The van der Waals surface area contributed by atoms with Crippen molar-refractivity contribution in [2.45, 2.75) is 19.8 Å². The number of aromatic nitrogens is 2. The molecule has 1 aromatic carbocycles. The molecule has 0 N–H and O–H groups in total. The quantitative estimate of drug-likeness (QED) is 0.502. The van der Waals surface area contributed by atoms with Crippen LogP contribution in [-0.2, 0) is 6.42 Å². The Morgan fingerprint density at radius 1 is 1.18 bits per heavy atom. The lowest BCUT2D eigenvalue weighted by atomic mass is 10.1. The van der Waals surface area contributed by atoms with Crippen molar-refractivity contribution in [2.75, 3.05) is 12.5 Å². The lowest BCUT2D eigenvalue weighted by Gasteiger charge is -2.05. The van der Waals surface area contributed by atoms with E-state index >= 15 is 0 Å². The van der Waals surface area contributed by atoms with Crippen LogP contribution < -0.4 is 4.74 Å². The first kappa shape index (κ1) is 14.9.